The smallest absolute Gasteiger partial charge is 0.251 e. The summed E-state index contributed by atoms with van der Waals surface area (Å²) in [6.45, 7) is 8.55. The highest BCUT2D eigenvalue weighted by Crippen LogP contribution is 2.15. The maximum absolute atomic E-state index is 12.5. The van der Waals surface area contributed by atoms with E-state index in [1.807, 2.05) is 27.8 Å². The highest BCUT2D eigenvalue weighted by Gasteiger charge is 2.26. The number of carbonyl (C=O) groups is 1. The average molecular weight is 368 g/mol. The average Bonchev–Trinajstić information content (AvgIpc) is 2.55. The van der Waals surface area contributed by atoms with Gasteiger partial charge in [-0.3, -0.25) is 4.79 Å². The fourth-order valence-corrected chi connectivity index (χ4v) is 4.10. The Balaban J connectivity index is 2.01. The van der Waals surface area contributed by atoms with Gasteiger partial charge in [0.05, 0.1) is 5.75 Å². The van der Waals surface area contributed by atoms with Crippen LogP contribution in [-0.4, -0.2) is 62.3 Å². The molecule has 25 heavy (non-hydrogen) atoms. The van der Waals surface area contributed by atoms with Gasteiger partial charge in [0.15, 0.2) is 0 Å². The fraction of sp³-hybridized carbons (Fsp3) is 0.611. The van der Waals surface area contributed by atoms with Gasteiger partial charge in [0, 0.05) is 37.3 Å². The van der Waals surface area contributed by atoms with Crippen LogP contribution in [0.15, 0.2) is 24.3 Å². The summed E-state index contributed by atoms with van der Waals surface area (Å²) in [5.41, 5.74) is 0.980. The maximum atomic E-state index is 12.5. The largest absolute Gasteiger partial charge is 0.347 e. The van der Waals surface area contributed by atoms with Gasteiger partial charge in [-0.15, -0.1) is 0 Å². The van der Waals surface area contributed by atoms with Crippen molar-refractivity contribution in [1.29, 1.82) is 0 Å². The topological polar surface area (TPSA) is 69.7 Å². The molecule has 0 aromatic heterocycles. The minimum absolute atomic E-state index is 0.0287. The quantitative estimate of drug-likeness (QED) is 0.831. The molecule has 0 spiro atoms. The molecule has 1 aromatic rings. The van der Waals surface area contributed by atoms with Gasteiger partial charge in [-0.2, -0.15) is 4.31 Å². The third kappa shape index (κ3) is 5.52. The number of carbonyl (C=O) groups excluding carboxylic acids is 1. The second-order valence-electron chi connectivity index (χ2n) is 7.35. The van der Waals surface area contributed by atoms with Gasteiger partial charge in [0.1, 0.15) is 0 Å². The molecule has 1 saturated heterocycles. The molecule has 0 unspecified atom stereocenters. The second-order valence-corrected chi connectivity index (χ2v) is 9.32. The van der Waals surface area contributed by atoms with Crippen molar-refractivity contribution in [2.45, 2.75) is 38.5 Å². The number of amides is 1. The van der Waals surface area contributed by atoms with Crippen LogP contribution in [0.3, 0.4) is 0 Å². The number of nitrogens with one attached hydrogen (secondary N) is 1. The second kappa shape index (κ2) is 7.85. The molecule has 140 valence electrons. The van der Waals surface area contributed by atoms with Crippen LogP contribution in [0.4, 0.5) is 0 Å². The molecule has 1 amide bonds. The summed E-state index contributed by atoms with van der Waals surface area (Å²) >= 11 is 0. The Morgan fingerprint density at radius 3 is 2.20 bits per heavy atom. The van der Waals surface area contributed by atoms with Crippen LogP contribution in [0.2, 0.25) is 0 Å². The third-order valence-corrected chi connectivity index (χ3v) is 6.61. The molecule has 2 rings (SSSR count). The van der Waals surface area contributed by atoms with Crippen molar-refractivity contribution in [2.75, 3.05) is 33.2 Å². The summed E-state index contributed by atoms with van der Waals surface area (Å²) in [4.78, 5) is 14.4. The summed E-state index contributed by atoms with van der Waals surface area (Å²) in [7, 11) is -1.33. The van der Waals surface area contributed by atoms with E-state index in [-0.39, 0.29) is 17.2 Å². The van der Waals surface area contributed by atoms with Crippen molar-refractivity contribution < 1.29 is 13.2 Å². The minimum atomic E-state index is -3.32. The van der Waals surface area contributed by atoms with Gasteiger partial charge in [-0.25, -0.2) is 8.42 Å². The molecule has 0 bridgehead atoms. The van der Waals surface area contributed by atoms with E-state index in [0.29, 0.717) is 24.2 Å². The first-order valence-electron chi connectivity index (χ1n) is 8.71. The van der Waals surface area contributed by atoms with Crippen molar-refractivity contribution in [1.82, 2.24) is 14.5 Å². The first-order valence-corrected chi connectivity index (χ1v) is 10.3. The number of sulfonamides is 1. The Morgan fingerprint density at radius 1 is 1.12 bits per heavy atom. The van der Waals surface area contributed by atoms with Gasteiger partial charge >= 0.3 is 0 Å². The summed E-state index contributed by atoms with van der Waals surface area (Å²) in [6.07, 6.45) is 0.833. The van der Waals surface area contributed by atoms with Gasteiger partial charge in [-0.05, 0) is 45.0 Å². The lowest BCUT2D eigenvalue weighted by atomic mass is 10.0. The van der Waals surface area contributed by atoms with Crippen molar-refractivity contribution in [3.63, 3.8) is 0 Å². The molecule has 1 aromatic carbocycles. The lowest BCUT2D eigenvalue weighted by Crippen LogP contribution is -2.47. The molecule has 1 aliphatic rings. The SMILES string of the molecule is CCC(C)(C)NC(=O)c1ccc(CS(=O)(=O)N2CCN(C)CC2)cc1. The summed E-state index contributed by atoms with van der Waals surface area (Å²) in [5, 5.41) is 2.98. The zero-order chi connectivity index (χ0) is 18.7. The zero-order valence-corrected chi connectivity index (χ0v) is 16.4. The summed E-state index contributed by atoms with van der Waals surface area (Å²) in [5.74, 6) is -0.167. The highest BCUT2D eigenvalue weighted by molar-refractivity contribution is 7.88. The van der Waals surface area contributed by atoms with Crippen molar-refractivity contribution >= 4 is 15.9 Å². The van der Waals surface area contributed by atoms with E-state index >= 15 is 0 Å². The van der Waals surface area contributed by atoms with E-state index < -0.39 is 10.0 Å². The Labute approximate surface area is 151 Å². The lowest BCUT2D eigenvalue weighted by Gasteiger charge is -2.31. The summed E-state index contributed by atoms with van der Waals surface area (Å²) in [6, 6.07) is 6.83. The van der Waals surface area contributed by atoms with Crippen LogP contribution in [0.5, 0.6) is 0 Å². The standard InChI is InChI=1S/C18H29N3O3S/c1-5-18(2,3)19-17(22)16-8-6-15(7-9-16)14-25(23,24)21-12-10-20(4)11-13-21/h6-9H,5,10-14H2,1-4H3,(H,19,22). The number of likely N-dealkylation sites (N-methyl/N-ethyl adjacent to an activating group) is 1. The van der Waals surface area contributed by atoms with Crippen LogP contribution in [0, 0.1) is 0 Å². The first-order chi connectivity index (χ1) is 11.6. The maximum Gasteiger partial charge on any atom is 0.251 e. The number of hydrogen-bond donors (Lipinski definition) is 1. The molecule has 0 atom stereocenters. The number of piperazine rings is 1. The molecule has 0 saturated carbocycles. The molecule has 0 radical (unpaired) electrons. The molecule has 1 N–H and O–H groups in total. The lowest BCUT2D eigenvalue weighted by molar-refractivity contribution is 0.0911. The predicted octanol–water partition coefficient (Wildman–Crippen LogP) is 1.68. The Morgan fingerprint density at radius 2 is 1.68 bits per heavy atom. The molecule has 1 fully saturated rings. The van der Waals surface area contributed by atoms with Crippen molar-refractivity contribution in [3.8, 4) is 0 Å². The van der Waals surface area contributed by atoms with Crippen molar-refractivity contribution in [3.05, 3.63) is 35.4 Å². The molecule has 0 aliphatic carbocycles. The Bertz CT molecular complexity index is 691. The molecular formula is C18H29N3O3S. The highest BCUT2D eigenvalue weighted by atomic mass is 32.2. The number of rotatable bonds is 6. The van der Waals surface area contributed by atoms with Gasteiger partial charge in [0.25, 0.3) is 5.91 Å². The normalized spacial score (nSPS) is 17.4. The molecule has 1 heterocycles. The van der Waals surface area contributed by atoms with Crippen molar-refractivity contribution in [2.24, 2.45) is 0 Å². The van der Waals surface area contributed by atoms with E-state index in [0.717, 1.165) is 19.5 Å². The molecule has 1 aliphatic heterocycles. The molecule has 7 heteroatoms. The van der Waals surface area contributed by atoms with Crippen LogP contribution in [-0.2, 0) is 15.8 Å². The Hall–Kier alpha value is -1.44. The van der Waals surface area contributed by atoms with E-state index in [1.165, 1.54) is 0 Å². The predicted molar refractivity (Wildman–Crippen MR) is 100.0 cm³/mol. The fourth-order valence-electron chi connectivity index (χ4n) is 2.59. The van der Waals surface area contributed by atoms with Crippen LogP contribution in [0.1, 0.15) is 43.1 Å². The van der Waals surface area contributed by atoms with E-state index in [9.17, 15) is 13.2 Å². The van der Waals surface area contributed by atoms with E-state index in [1.54, 1.807) is 28.6 Å². The van der Waals surface area contributed by atoms with Crippen LogP contribution < -0.4 is 5.32 Å². The zero-order valence-electron chi connectivity index (χ0n) is 15.6. The minimum Gasteiger partial charge on any atom is -0.347 e. The molecular weight excluding hydrogens is 338 g/mol. The van der Waals surface area contributed by atoms with E-state index in [2.05, 4.69) is 10.2 Å². The number of hydrogen-bond acceptors (Lipinski definition) is 4. The first kappa shape index (κ1) is 19.9. The van der Waals surface area contributed by atoms with Gasteiger partial charge in [-0.1, -0.05) is 19.1 Å². The summed E-state index contributed by atoms with van der Waals surface area (Å²) < 4.78 is 26.6. The number of nitrogens with zero attached hydrogens (tertiary/aromatic N) is 2. The van der Waals surface area contributed by atoms with Gasteiger partial charge in [0.2, 0.25) is 10.0 Å². The Kier molecular flexibility index (Phi) is 6.24. The molecule has 6 nitrogen and oxygen atoms in total. The number of benzene rings is 1. The van der Waals surface area contributed by atoms with E-state index in [4.69, 9.17) is 0 Å². The third-order valence-electron chi connectivity index (χ3n) is 4.76. The van der Waals surface area contributed by atoms with Crippen LogP contribution in [0.25, 0.3) is 0 Å². The monoisotopic (exact) mass is 367 g/mol. The van der Waals surface area contributed by atoms with Crippen LogP contribution >= 0.6 is 0 Å². The van der Waals surface area contributed by atoms with Gasteiger partial charge < -0.3 is 10.2 Å².